The van der Waals surface area contributed by atoms with E-state index in [0.29, 0.717) is 54.8 Å². The summed E-state index contributed by atoms with van der Waals surface area (Å²) in [6.07, 6.45) is -0.763. The fourth-order valence-electron chi connectivity index (χ4n) is 3.73. The molecule has 0 unspecified atom stereocenters. The molecule has 0 N–H and O–H groups in total. The number of fused-ring (bicyclic) bond motifs is 2. The molecule has 2 amide bonds. The summed E-state index contributed by atoms with van der Waals surface area (Å²) in [6, 6.07) is 12.3. The van der Waals surface area contributed by atoms with E-state index in [1.165, 1.54) is 0 Å². The van der Waals surface area contributed by atoms with Gasteiger partial charge in [-0.2, -0.15) is 0 Å². The van der Waals surface area contributed by atoms with Gasteiger partial charge in [-0.05, 0) is 30.3 Å². The molecule has 0 aromatic heterocycles. The first-order valence-corrected chi connectivity index (χ1v) is 9.54. The molecule has 5 rings (SSSR count). The van der Waals surface area contributed by atoms with Crippen LogP contribution in [0.2, 0.25) is 0 Å². The minimum Gasteiger partial charge on any atom is -0.476 e. The summed E-state index contributed by atoms with van der Waals surface area (Å²) < 4.78 is 22.0. The van der Waals surface area contributed by atoms with E-state index in [4.69, 9.17) is 18.9 Å². The molecule has 2 aromatic rings. The first-order chi connectivity index (χ1) is 14.2. The highest BCUT2D eigenvalue weighted by atomic mass is 16.7. The monoisotopic (exact) mass is 396 g/mol. The molecule has 2 aromatic carbocycles. The molecule has 0 spiro atoms. The normalized spacial score (nSPS) is 20.1. The van der Waals surface area contributed by atoms with Gasteiger partial charge in [-0.3, -0.25) is 9.59 Å². The highest BCUT2D eigenvalue weighted by Crippen LogP contribution is 2.37. The standard InChI is InChI=1S/C21H20N2O6/c24-20(14-5-6-17-18(11-14)28-13-27-17)23-12-19(21(25)22-7-9-26-10-8-22)29-16-4-2-1-3-15(16)23/h1-6,11,19H,7-10,12-13H2/t19-/m1/s1. The molecule has 8 heteroatoms. The second-order valence-corrected chi connectivity index (χ2v) is 7.00. The van der Waals surface area contributed by atoms with Gasteiger partial charge in [0.1, 0.15) is 5.75 Å². The number of carbonyl (C=O) groups is 2. The van der Waals surface area contributed by atoms with Crippen LogP contribution in [0.15, 0.2) is 42.5 Å². The van der Waals surface area contributed by atoms with Crippen LogP contribution < -0.4 is 19.1 Å². The molecule has 3 aliphatic heterocycles. The molecule has 1 atom stereocenters. The smallest absolute Gasteiger partial charge is 0.265 e. The van der Waals surface area contributed by atoms with Gasteiger partial charge >= 0.3 is 0 Å². The summed E-state index contributed by atoms with van der Waals surface area (Å²) >= 11 is 0. The number of ether oxygens (including phenoxy) is 4. The average Bonchev–Trinajstić information content (AvgIpc) is 3.26. The van der Waals surface area contributed by atoms with Crippen LogP contribution in [-0.4, -0.2) is 62.5 Å². The first-order valence-electron chi connectivity index (χ1n) is 9.54. The van der Waals surface area contributed by atoms with E-state index in [9.17, 15) is 9.59 Å². The average molecular weight is 396 g/mol. The van der Waals surface area contributed by atoms with Crippen molar-refractivity contribution in [3.63, 3.8) is 0 Å². The summed E-state index contributed by atoms with van der Waals surface area (Å²) in [7, 11) is 0. The molecule has 0 bridgehead atoms. The minimum absolute atomic E-state index is 0.133. The zero-order valence-electron chi connectivity index (χ0n) is 15.7. The molecule has 0 aliphatic carbocycles. The molecule has 1 fully saturated rings. The van der Waals surface area contributed by atoms with E-state index in [-0.39, 0.29) is 25.2 Å². The Morgan fingerprint density at radius 1 is 0.931 bits per heavy atom. The van der Waals surface area contributed by atoms with Gasteiger partial charge in [-0.1, -0.05) is 12.1 Å². The maximum atomic E-state index is 13.3. The summed E-state index contributed by atoms with van der Waals surface area (Å²) in [5.41, 5.74) is 1.10. The summed E-state index contributed by atoms with van der Waals surface area (Å²) in [6.45, 7) is 2.35. The number of amides is 2. The molecule has 8 nitrogen and oxygen atoms in total. The van der Waals surface area contributed by atoms with Crippen molar-refractivity contribution in [3.05, 3.63) is 48.0 Å². The van der Waals surface area contributed by atoms with Crippen molar-refractivity contribution in [2.24, 2.45) is 0 Å². The van der Waals surface area contributed by atoms with Crippen LogP contribution in [-0.2, 0) is 9.53 Å². The van der Waals surface area contributed by atoms with Crippen molar-refractivity contribution < 1.29 is 28.5 Å². The van der Waals surface area contributed by atoms with Crippen LogP contribution in [0.5, 0.6) is 17.2 Å². The highest BCUT2D eigenvalue weighted by molar-refractivity contribution is 6.08. The third-order valence-corrected chi connectivity index (χ3v) is 5.24. The Morgan fingerprint density at radius 3 is 2.59 bits per heavy atom. The lowest BCUT2D eigenvalue weighted by atomic mass is 10.1. The topological polar surface area (TPSA) is 77.5 Å². The lowest BCUT2D eigenvalue weighted by molar-refractivity contribution is -0.142. The van der Waals surface area contributed by atoms with Gasteiger partial charge in [0, 0.05) is 18.7 Å². The van der Waals surface area contributed by atoms with E-state index in [0.717, 1.165) is 0 Å². The summed E-state index contributed by atoms with van der Waals surface area (Å²) in [5.74, 6) is 1.31. The van der Waals surface area contributed by atoms with Crippen molar-refractivity contribution in [1.29, 1.82) is 0 Å². The number of nitrogens with zero attached hydrogens (tertiary/aromatic N) is 2. The Balaban J connectivity index is 1.44. The lowest BCUT2D eigenvalue weighted by Crippen LogP contribution is -2.54. The third kappa shape index (κ3) is 3.25. The second-order valence-electron chi connectivity index (χ2n) is 7.00. The molecular formula is C21H20N2O6. The molecule has 29 heavy (non-hydrogen) atoms. The van der Waals surface area contributed by atoms with Crippen LogP contribution in [0, 0.1) is 0 Å². The molecular weight excluding hydrogens is 376 g/mol. The molecule has 0 radical (unpaired) electrons. The van der Waals surface area contributed by atoms with Gasteiger partial charge in [0.05, 0.1) is 25.4 Å². The summed E-state index contributed by atoms with van der Waals surface area (Å²) in [4.78, 5) is 29.7. The first kappa shape index (κ1) is 17.8. The van der Waals surface area contributed by atoms with Gasteiger partial charge in [-0.15, -0.1) is 0 Å². The Bertz CT molecular complexity index is 956. The molecule has 150 valence electrons. The number of anilines is 1. The lowest BCUT2D eigenvalue weighted by Gasteiger charge is -2.37. The van der Waals surface area contributed by atoms with Crippen LogP contribution in [0.3, 0.4) is 0 Å². The number of hydrogen-bond acceptors (Lipinski definition) is 6. The van der Waals surface area contributed by atoms with E-state index < -0.39 is 6.10 Å². The Hall–Kier alpha value is -3.26. The van der Waals surface area contributed by atoms with Crippen molar-refractivity contribution >= 4 is 17.5 Å². The predicted molar refractivity (Wildman–Crippen MR) is 102 cm³/mol. The van der Waals surface area contributed by atoms with Crippen LogP contribution >= 0.6 is 0 Å². The minimum atomic E-state index is -0.763. The fraction of sp³-hybridized carbons (Fsp3) is 0.333. The molecule has 1 saturated heterocycles. The van der Waals surface area contributed by atoms with Gasteiger partial charge in [-0.25, -0.2) is 0 Å². The van der Waals surface area contributed by atoms with Crippen LogP contribution in [0.25, 0.3) is 0 Å². The number of carbonyl (C=O) groups excluding carboxylic acids is 2. The van der Waals surface area contributed by atoms with Crippen LogP contribution in [0.1, 0.15) is 10.4 Å². The number of morpholine rings is 1. The Morgan fingerprint density at radius 2 is 1.72 bits per heavy atom. The van der Waals surface area contributed by atoms with E-state index in [1.54, 1.807) is 34.1 Å². The highest BCUT2D eigenvalue weighted by Gasteiger charge is 2.37. The quantitative estimate of drug-likeness (QED) is 0.769. The fourth-order valence-corrected chi connectivity index (χ4v) is 3.73. The zero-order chi connectivity index (χ0) is 19.8. The van der Waals surface area contributed by atoms with Gasteiger partial charge in [0.2, 0.25) is 6.79 Å². The van der Waals surface area contributed by atoms with Crippen LogP contribution in [0.4, 0.5) is 5.69 Å². The van der Waals surface area contributed by atoms with E-state index >= 15 is 0 Å². The largest absolute Gasteiger partial charge is 0.476 e. The summed E-state index contributed by atoms with van der Waals surface area (Å²) in [5, 5.41) is 0. The van der Waals surface area contributed by atoms with Crippen molar-refractivity contribution in [2.45, 2.75) is 6.10 Å². The van der Waals surface area contributed by atoms with E-state index in [1.807, 2.05) is 18.2 Å². The number of hydrogen-bond donors (Lipinski definition) is 0. The molecule has 0 saturated carbocycles. The molecule has 3 aliphatic rings. The number of benzene rings is 2. The van der Waals surface area contributed by atoms with Crippen molar-refractivity contribution in [3.8, 4) is 17.2 Å². The molecule has 3 heterocycles. The SMILES string of the molecule is O=C([C@H]1CN(C(=O)c2ccc3c(c2)OCO3)c2ccccc2O1)N1CCOCC1. The Labute approximate surface area is 167 Å². The van der Waals surface area contributed by atoms with Gasteiger partial charge < -0.3 is 28.7 Å². The second kappa shape index (κ2) is 7.29. The van der Waals surface area contributed by atoms with Gasteiger partial charge in [0.15, 0.2) is 17.6 Å². The van der Waals surface area contributed by atoms with Crippen molar-refractivity contribution in [1.82, 2.24) is 4.90 Å². The maximum absolute atomic E-state index is 13.3. The third-order valence-electron chi connectivity index (χ3n) is 5.24. The predicted octanol–water partition coefficient (Wildman–Crippen LogP) is 1.68. The number of para-hydroxylation sites is 2. The van der Waals surface area contributed by atoms with Crippen molar-refractivity contribution in [2.75, 3.05) is 44.5 Å². The maximum Gasteiger partial charge on any atom is 0.265 e. The zero-order valence-corrected chi connectivity index (χ0v) is 15.7. The van der Waals surface area contributed by atoms with E-state index in [2.05, 4.69) is 0 Å². The number of rotatable bonds is 2. The van der Waals surface area contributed by atoms with Gasteiger partial charge in [0.25, 0.3) is 11.8 Å². The Kier molecular flexibility index (Phi) is 4.48.